The minimum Gasteiger partial charge on any atom is -0.309 e. The number of sulfonamides is 1. The fourth-order valence-corrected chi connectivity index (χ4v) is 5.20. The molecule has 7 nitrogen and oxygen atoms in total. The molecule has 0 bridgehead atoms. The first-order valence-electron chi connectivity index (χ1n) is 10.2. The molecule has 1 N–H and O–H groups in total. The van der Waals surface area contributed by atoms with Gasteiger partial charge in [0.25, 0.3) is 0 Å². The van der Waals surface area contributed by atoms with Crippen molar-refractivity contribution in [3.8, 4) is 0 Å². The van der Waals surface area contributed by atoms with Crippen molar-refractivity contribution in [2.45, 2.75) is 24.3 Å². The fraction of sp³-hybridized carbons (Fsp3) is 0.273. The number of hydrogen-bond acceptors (Lipinski definition) is 4. The number of rotatable bonds is 6. The smallest absolute Gasteiger partial charge is 0.243 e. The van der Waals surface area contributed by atoms with E-state index in [4.69, 9.17) is 0 Å². The zero-order valence-electron chi connectivity index (χ0n) is 17.1. The molecule has 0 saturated carbocycles. The quantitative estimate of drug-likeness (QED) is 0.612. The van der Waals surface area contributed by atoms with Gasteiger partial charge in [-0.15, -0.1) is 0 Å². The molecule has 168 valence electrons. The second-order valence-corrected chi connectivity index (χ2v) is 9.57. The van der Waals surface area contributed by atoms with Crippen LogP contribution in [0.15, 0.2) is 65.7 Å². The van der Waals surface area contributed by atoms with Crippen LogP contribution in [-0.4, -0.2) is 41.5 Å². The van der Waals surface area contributed by atoms with Crippen molar-refractivity contribution in [1.82, 2.24) is 14.1 Å². The number of aromatic nitrogens is 2. The Balaban J connectivity index is 1.40. The van der Waals surface area contributed by atoms with Crippen LogP contribution < -0.4 is 5.32 Å². The van der Waals surface area contributed by atoms with E-state index >= 15 is 0 Å². The molecule has 2 aromatic carbocycles. The van der Waals surface area contributed by atoms with Crippen LogP contribution in [-0.2, 0) is 21.4 Å². The van der Waals surface area contributed by atoms with Gasteiger partial charge < -0.3 is 5.32 Å². The van der Waals surface area contributed by atoms with Gasteiger partial charge in [-0.2, -0.15) is 9.40 Å². The van der Waals surface area contributed by atoms with Crippen molar-refractivity contribution < 1.29 is 22.0 Å². The molecule has 1 aliphatic heterocycles. The van der Waals surface area contributed by atoms with Gasteiger partial charge in [-0.05, 0) is 43.2 Å². The largest absolute Gasteiger partial charge is 0.309 e. The lowest BCUT2D eigenvalue weighted by Crippen LogP contribution is -2.43. The number of nitrogens with zero attached hydrogens (tertiary/aromatic N) is 3. The van der Waals surface area contributed by atoms with Gasteiger partial charge in [0.1, 0.15) is 11.6 Å². The van der Waals surface area contributed by atoms with Crippen LogP contribution >= 0.6 is 0 Å². The van der Waals surface area contributed by atoms with Gasteiger partial charge in [0.2, 0.25) is 15.9 Å². The highest BCUT2D eigenvalue weighted by Gasteiger charge is 2.33. The Kier molecular flexibility index (Phi) is 6.33. The van der Waals surface area contributed by atoms with E-state index in [1.165, 1.54) is 27.2 Å². The Labute approximate surface area is 184 Å². The van der Waals surface area contributed by atoms with Gasteiger partial charge in [0.15, 0.2) is 5.82 Å². The summed E-state index contributed by atoms with van der Waals surface area (Å²) >= 11 is 0. The molecule has 1 aliphatic rings. The van der Waals surface area contributed by atoms with E-state index in [2.05, 4.69) is 10.4 Å². The summed E-state index contributed by atoms with van der Waals surface area (Å²) in [5.74, 6) is -1.42. The normalized spacial score (nSPS) is 17.2. The van der Waals surface area contributed by atoms with Crippen LogP contribution in [0.25, 0.3) is 0 Å². The van der Waals surface area contributed by atoms with Crippen LogP contribution in [0, 0.1) is 17.6 Å². The maximum atomic E-state index is 13.8. The number of hydrogen-bond donors (Lipinski definition) is 1. The van der Waals surface area contributed by atoms with Crippen LogP contribution in [0.3, 0.4) is 0 Å². The maximum Gasteiger partial charge on any atom is 0.243 e. The minimum absolute atomic E-state index is 0.00755. The number of benzene rings is 2. The highest BCUT2D eigenvalue weighted by molar-refractivity contribution is 7.89. The van der Waals surface area contributed by atoms with E-state index in [1.54, 1.807) is 30.5 Å². The van der Waals surface area contributed by atoms with Gasteiger partial charge in [0, 0.05) is 30.9 Å². The van der Waals surface area contributed by atoms with E-state index in [1.807, 2.05) is 0 Å². The molecule has 1 amide bonds. The Morgan fingerprint density at radius 3 is 2.59 bits per heavy atom. The number of carbonyl (C=O) groups is 1. The molecule has 0 spiro atoms. The SMILES string of the molecule is O=C(Nc1ccn(Cc2ccccc2F)n1)[C@@H]1CCCN(S(=O)(=O)c2ccc(F)cc2)C1. The van der Waals surface area contributed by atoms with Crippen LogP contribution in [0.2, 0.25) is 0 Å². The van der Waals surface area contributed by atoms with E-state index in [9.17, 15) is 22.0 Å². The van der Waals surface area contributed by atoms with E-state index in [-0.39, 0.29) is 29.7 Å². The Bertz CT molecular complexity index is 1210. The molecule has 1 saturated heterocycles. The summed E-state index contributed by atoms with van der Waals surface area (Å²) in [7, 11) is -3.82. The van der Waals surface area contributed by atoms with Gasteiger partial charge in [-0.25, -0.2) is 17.2 Å². The number of halogens is 2. The van der Waals surface area contributed by atoms with Crippen molar-refractivity contribution >= 4 is 21.7 Å². The molecular weight excluding hydrogens is 438 g/mol. The molecule has 32 heavy (non-hydrogen) atoms. The Hall–Kier alpha value is -3.11. The molecular formula is C22H22F2N4O3S. The average Bonchev–Trinajstić information content (AvgIpc) is 3.22. The summed E-state index contributed by atoms with van der Waals surface area (Å²) in [6, 6.07) is 12.6. The van der Waals surface area contributed by atoms with E-state index in [0.29, 0.717) is 30.8 Å². The third kappa shape index (κ3) is 4.86. The summed E-state index contributed by atoms with van der Waals surface area (Å²) in [5, 5.41) is 6.97. The van der Waals surface area contributed by atoms with Gasteiger partial charge >= 0.3 is 0 Å². The summed E-state index contributed by atoms with van der Waals surface area (Å²) in [4.78, 5) is 12.7. The van der Waals surface area contributed by atoms with Gasteiger partial charge in [-0.3, -0.25) is 9.48 Å². The van der Waals surface area contributed by atoms with Crippen LogP contribution in [0.4, 0.5) is 14.6 Å². The maximum absolute atomic E-state index is 13.8. The summed E-state index contributed by atoms with van der Waals surface area (Å²) in [6.07, 6.45) is 2.70. The van der Waals surface area contributed by atoms with E-state index < -0.39 is 21.8 Å². The van der Waals surface area contributed by atoms with Crippen LogP contribution in [0.1, 0.15) is 18.4 Å². The molecule has 2 heterocycles. The molecule has 1 atom stereocenters. The van der Waals surface area contributed by atoms with Gasteiger partial charge in [-0.1, -0.05) is 18.2 Å². The second kappa shape index (κ2) is 9.17. The zero-order chi connectivity index (χ0) is 22.7. The lowest BCUT2D eigenvalue weighted by atomic mass is 9.99. The molecule has 3 aromatic rings. The van der Waals surface area contributed by atoms with Crippen molar-refractivity contribution in [3.63, 3.8) is 0 Å². The molecule has 1 fully saturated rings. The summed E-state index contributed by atoms with van der Waals surface area (Å²) in [6.45, 7) is 0.540. The predicted octanol–water partition coefficient (Wildman–Crippen LogP) is 3.25. The second-order valence-electron chi connectivity index (χ2n) is 7.64. The number of anilines is 1. The minimum atomic E-state index is -3.82. The number of amides is 1. The molecule has 0 aliphatic carbocycles. The average molecular weight is 461 g/mol. The number of nitrogens with one attached hydrogen (secondary N) is 1. The van der Waals surface area contributed by atoms with Crippen molar-refractivity contribution in [2.24, 2.45) is 5.92 Å². The monoisotopic (exact) mass is 460 g/mol. The Morgan fingerprint density at radius 1 is 1.09 bits per heavy atom. The number of piperidine rings is 1. The van der Waals surface area contributed by atoms with Crippen molar-refractivity contribution in [2.75, 3.05) is 18.4 Å². The van der Waals surface area contributed by atoms with Crippen molar-refractivity contribution in [1.29, 1.82) is 0 Å². The lowest BCUT2D eigenvalue weighted by Gasteiger charge is -2.31. The standard InChI is InChI=1S/C22H22F2N4O3S/c23-18-7-9-19(10-8-18)32(30,31)28-12-3-5-17(15-28)22(29)25-21-11-13-27(26-21)14-16-4-1-2-6-20(16)24/h1-2,4,6-11,13,17H,3,5,12,14-15H2,(H,25,26,29)/t17-/m1/s1. The first-order chi connectivity index (χ1) is 15.3. The molecule has 0 radical (unpaired) electrons. The zero-order valence-corrected chi connectivity index (χ0v) is 17.9. The molecule has 0 unspecified atom stereocenters. The first-order valence-corrected chi connectivity index (χ1v) is 11.6. The third-order valence-corrected chi connectivity index (χ3v) is 7.27. The fourth-order valence-electron chi connectivity index (χ4n) is 3.68. The van der Waals surface area contributed by atoms with Gasteiger partial charge in [0.05, 0.1) is 17.4 Å². The number of carbonyl (C=O) groups excluding carboxylic acids is 1. The summed E-state index contributed by atoms with van der Waals surface area (Å²) in [5.41, 5.74) is 0.474. The highest BCUT2D eigenvalue weighted by atomic mass is 32.2. The molecule has 4 rings (SSSR count). The topological polar surface area (TPSA) is 84.3 Å². The van der Waals surface area contributed by atoms with Crippen molar-refractivity contribution in [3.05, 3.63) is 78.0 Å². The molecule has 10 heteroatoms. The Morgan fingerprint density at radius 2 is 1.84 bits per heavy atom. The third-order valence-electron chi connectivity index (χ3n) is 5.39. The van der Waals surface area contributed by atoms with E-state index in [0.717, 1.165) is 12.1 Å². The van der Waals surface area contributed by atoms with Crippen LogP contribution in [0.5, 0.6) is 0 Å². The highest BCUT2D eigenvalue weighted by Crippen LogP contribution is 2.25. The predicted molar refractivity (Wildman–Crippen MR) is 114 cm³/mol. The lowest BCUT2D eigenvalue weighted by molar-refractivity contribution is -0.120. The molecule has 1 aromatic heterocycles. The first kappa shape index (κ1) is 22.1. The summed E-state index contributed by atoms with van der Waals surface area (Å²) < 4.78 is 55.5.